The second-order valence-corrected chi connectivity index (χ2v) is 8.72. The van der Waals surface area contributed by atoms with Gasteiger partial charge in [-0.15, -0.1) is 0 Å². The number of aryl methyl sites for hydroxylation is 1. The van der Waals surface area contributed by atoms with Crippen molar-refractivity contribution in [1.82, 2.24) is 10.2 Å². The number of anilines is 1. The van der Waals surface area contributed by atoms with Gasteiger partial charge in [0.15, 0.2) is 5.78 Å². The van der Waals surface area contributed by atoms with Gasteiger partial charge in [-0.3, -0.25) is 19.2 Å². The topological polar surface area (TPSA) is 107 Å². The second kappa shape index (κ2) is 9.26. The summed E-state index contributed by atoms with van der Waals surface area (Å²) in [5.41, 5.74) is 0.670. The minimum Gasteiger partial charge on any atom is -0.481 e. The molecule has 2 heterocycles. The highest BCUT2D eigenvalue weighted by molar-refractivity contribution is 6.31. The number of hydrogen-bond donors (Lipinski definition) is 2. The number of carboxylic acid groups (broad SMARTS) is 1. The van der Waals surface area contributed by atoms with Crippen LogP contribution in [0.1, 0.15) is 45.1 Å². The highest BCUT2D eigenvalue weighted by Crippen LogP contribution is 2.29. The van der Waals surface area contributed by atoms with Crippen molar-refractivity contribution in [2.75, 3.05) is 24.5 Å². The van der Waals surface area contributed by atoms with E-state index in [0.717, 1.165) is 22.7 Å². The number of carbonyl (C=O) groups excluding carboxylic acids is 3. The Bertz CT molecular complexity index is 905. The van der Waals surface area contributed by atoms with Crippen LogP contribution in [0.3, 0.4) is 0 Å². The molecule has 9 heteroatoms. The summed E-state index contributed by atoms with van der Waals surface area (Å²) in [5.74, 6) is -2.27. The molecule has 31 heavy (non-hydrogen) atoms. The van der Waals surface area contributed by atoms with Gasteiger partial charge in [-0.2, -0.15) is 0 Å². The summed E-state index contributed by atoms with van der Waals surface area (Å²) in [5, 5.41) is 12.4. The molecule has 3 rings (SSSR count). The van der Waals surface area contributed by atoms with Gasteiger partial charge in [0.2, 0.25) is 11.8 Å². The van der Waals surface area contributed by atoms with Crippen molar-refractivity contribution < 1.29 is 24.3 Å². The van der Waals surface area contributed by atoms with Crippen LogP contribution in [0.15, 0.2) is 18.2 Å². The summed E-state index contributed by atoms with van der Waals surface area (Å²) in [6, 6.07) is 6.05. The van der Waals surface area contributed by atoms with Crippen LogP contribution in [-0.4, -0.2) is 64.8 Å². The van der Waals surface area contributed by atoms with Crippen molar-refractivity contribution >= 4 is 40.9 Å². The van der Waals surface area contributed by atoms with Gasteiger partial charge < -0.3 is 20.2 Å². The summed E-state index contributed by atoms with van der Waals surface area (Å²) in [6.45, 7) is 5.81. The van der Waals surface area contributed by atoms with E-state index < -0.39 is 29.6 Å². The molecule has 2 fully saturated rings. The Morgan fingerprint density at radius 3 is 2.61 bits per heavy atom. The Morgan fingerprint density at radius 2 is 2.03 bits per heavy atom. The standard InChI is InChI=1S/C22H28ClN3O5/c1-3-15-10-16(4-5-17(15)23)26-9-8-25(13-14(26)2)20(29)6-7-22(12-21(30)31)18(27)11-19(28)24-22/h4-5,10,14H,3,6-9,11-13H2,1-2H3,(H,24,28)(H,30,31)/t14-,22?/m0/s1. The molecule has 168 valence electrons. The Labute approximate surface area is 186 Å². The molecule has 2 aliphatic rings. The van der Waals surface area contributed by atoms with Gasteiger partial charge in [0.25, 0.3) is 0 Å². The predicted molar refractivity (Wildman–Crippen MR) is 116 cm³/mol. The lowest BCUT2D eigenvalue weighted by Gasteiger charge is -2.41. The van der Waals surface area contributed by atoms with Crippen molar-refractivity contribution in [2.45, 2.75) is 57.5 Å². The fourth-order valence-corrected chi connectivity index (χ4v) is 4.70. The maximum Gasteiger partial charge on any atom is 0.306 e. The Balaban J connectivity index is 1.62. The Hall–Kier alpha value is -2.61. The van der Waals surface area contributed by atoms with E-state index in [1.54, 1.807) is 4.90 Å². The second-order valence-electron chi connectivity index (χ2n) is 8.31. The van der Waals surface area contributed by atoms with Crippen LogP contribution < -0.4 is 10.2 Å². The zero-order valence-electron chi connectivity index (χ0n) is 17.8. The molecule has 2 saturated heterocycles. The number of nitrogens with zero attached hydrogens (tertiary/aromatic N) is 2. The van der Waals surface area contributed by atoms with E-state index in [0.29, 0.717) is 19.6 Å². The number of Topliss-reactive ketones (excluding diaryl/α,β-unsaturated/α-hetero) is 1. The number of amides is 2. The van der Waals surface area contributed by atoms with E-state index in [1.165, 1.54) is 0 Å². The first-order valence-corrected chi connectivity index (χ1v) is 10.9. The lowest BCUT2D eigenvalue weighted by atomic mass is 9.86. The number of ketones is 1. The summed E-state index contributed by atoms with van der Waals surface area (Å²) in [7, 11) is 0. The number of carboxylic acids is 1. The first-order valence-electron chi connectivity index (χ1n) is 10.5. The maximum atomic E-state index is 12.8. The number of aliphatic carboxylic acids is 1. The van der Waals surface area contributed by atoms with Crippen LogP contribution >= 0.6 is 11.6 Å². The highest BCUT2D eigenvalue weighted by atomic mass is 35.5. The lowest BCUT2D eigenvalue weighted by molar-refractivity contribution is -0.142. The van der Waals surface area contributed by atoms with E-state index in [-0.39, 0.29) is 31.2 Å². The molecule has 0 radical (unpaired) electrons. The summed E-state index contributed by atoms with van der Waals surface area (Å²) < 4.78 is 0. The molecule has 1 aromatic carbocycles. The van der Waals surface area contributed by atoms with Gasteiger partial charge in [0.05, 0.1) is 12.8 Å². The van der Waals surface area contributed by atoms with E-state index in [1.807, 2.05) is 19.1 Å². The minimum atomic E-state index is -1.48. The van der Waals surface area contributed by atoms with Gasteiger partial charge in [-0.1, -0.05) is 18.5 Å². The van der Waals surface area contributed by atoms with Crippen LogP contribution in [0.2, 0.25) is 5.02 Å². The molecule has 8 nitrogen and oxygen atoms in total. The van der Waals surface area contributed by atoms with Gasteiger partial charge in [0.1, 0.15) is 5.54 Å². The normalized spacial score (nSPS) is 23.8. The summed E-state index contributed by atoms with van der Waals surface area (Å²) in [4.78, 5) is 52.0. The summed E-state index contributed by atoms with van der Waals surface area (Å²) in [6.07, 6.45) is -0.00245. The van der Waals surface area contributed by atoms with Crippen LogP contribution in [0.5, 0.6) is 0 Å². The van der Waals surface area contributed by atoms with Crippen molar-refractivity contribution in [3.8, 4) is 0 Å². The van der Waals surface area contributed by atoms with E-state index in [2.05, 4.69) is 23.2 Å². The molecule has 0 aliphatic carbocycles. The number of carbonyl (C=O) groups is 4. The average Bonchev–Trinajstić information content (AvgIpc) is 2.99. The number of rotatable bonds is 7. The van der Waals surface area contributed by atoms with E-state index in [4.69, 9.17) is 11.6 Å². The molecule has 1 aromatic rings. The average molecular weight is 450 g/mol. The van der Waals surface area contributed by atoms with Crippen LogP contribution in [-0.2, 0) is 25.6 Å². The minimum absolute atomic E-state index is 0.00561. The van der Waals surface area contributed by atoms with Gasteiger partial charge in [-0.05, 0) is 43.5 Å². The third-order valence-corrected chi connectivity index (χ3v) is 6.54. The number of piperazine rings is 1. The first kappa shape index (κ1) is 23.1. The molecule has 2 amide bonds. The largest absolute Gasteiger partial charge is 0.481 e. The van der Waals surface area contributed by atoms with Gasteiger partial charge in [0, 0.05) is 42.8 Å². The maximum absolute atomic E-state index is 12.8. The van der Waals surface area contributed by atoms with E-state index >= 15 is 0 Å². The molecule has 2 atom stereocenters. The fourth-order valence-electron chi connectivity index (χ4n) is 4.44. The van der Waals surface area contributed by atoms with Crippen LogP contribution in [0, 0.1) is 0 Å². The van der Waals surface area contributed by atoms with Gasteiger partial charge >= 0.3 is 5.97 Å². The predicted octanol–water partition coefficient (Wildman–Crippen LogP) is 2.02. The Morgan fingerprint density at radius 1 is 1.29 bits per heavy atom. The molecular weight excluding hydrogens is 422 g/mol. The SMILES string of the molecule is CCc1cc(N2CCN(C(=O)CCC3(CC(=O)O)NC(=O)CC3=O)C[C@@H]2C)ccc1Cl. The van der Waals surface area contributed by atoms with Crippen LogP contribution in [0.4, 0.5) is 5.69 Å². The number of nitrogens with one attached hydrogen (secondary N) is 1. The molecule has 0 aromatic heterocycles. The molecule has 1 unspecified atom stereocenters. The number of benzene rings is 1. The molecule has 2 aliphatic heterocycles. The van der Waals surface area contributed by atoms with Crippen molar-refractivity contribution in [2.24, 2.45) is 0 Å². The first-order chi connectivity index (χ1) is 14.6. The number of hydrogen-bond acceptors (Lipinski definition) is 5. The van der Waals surface area contributed by atoms with Crippen molar-refractivity contribution in [1.29, 1.82) is 0 Å². The third kappa shape index (κ3) is 5.01. The molecule has 0 bridgehead atoms. The molecule has 0 saturated carbocycles. The number of halogens is 1. The molecular formula is C22H28ClN3O5. The zero-order valence-corrected chi connectivity index (χ0v) is 18.6. The molecule has 0 spiro atoms. The zero-order chi connectivity index (χ0) is 22.8. The quantitative estimate of drug-likeness (QED) is 0.617. The lowest BCUT2D eigenvalue weighted by Crippen LogP contribution is -2.54. The monoisotopic (exact) mass is 449 g/mol. The van der Waals surface area contributed by atoms with Crippen molar-refractivity contribution in [3.05, 3.63) is 28.8 Å². The van der Waals surface area contributed by atoms with Gasteiger partial charge in [-0.25, -0.2) is 0 Å². The fraction of sp³-hybridized carbons (Fsp3) is 0.545. The van der Waals surface area contributed by atoms with Crippen LogP contribution in [0.25, 0.3) is 0 Å². The van der Waals surface area contributed by atoms with Crippen molar-refractivity contribution in [3.63, 3.8) is 0 Å². The molecule has 2 N–H and O–H groups in total. The third-order valence-electron chi connectivity index (χ3n) is 6.17. The summed E-state index contributed by atoms with van der Waals surface area (Å²) >= 11 is 6.23. The Kier molecular flexibility index (Phi) is 6.89. The van der Waals surface area contributed by atoms with E-state index in [9.17, 15) is 24.3 Å². The highest BCUT2D eigenvalue weighted by Gasteiger charge is 2.47. The smallest absolute Gasteiger partial charge is 0.306 e.